The maximum Gasteiger partial charge on any atom is 0.223 e. The third-order valence-electron chi connectivity index (χ3n) is 3.97. The molecule has 2 unspecified atom stereocenters. The Morgan fingerprint density at radius 2 is 2.00 bits per heavy atom. The van der Waals surface area contributed by atoms with Crippen LogP contribution in [0.2, 0.25) is 0 Å². The number of benzene rings is 1. The minimum Gasteiger partial charge on any atom is -0.493 e. The summed E-state index contributed by atoms with van der Waals surface area (Å²) in [4.78, 5) is 11.9. The van der Waals surface area contributed by atoms with Gasteiger partial charge in [0.05, 0.1) is 13.0 Å². The highest BCUT2D eigenvalue weighted by molar-refractivity contribution is 5.76. The van der Waals surface area contributed by atoms with E-state index < -0.39 is 0 Å². The van der Waals surface area contributed by atoms with E-state index in [1.54, 1.807) is 12.1 Å². The lowest BCUT2D eigenvalue weighted by Gasteiger charge is -2.31. The van der Waals surface area contributed by atoms with Gasteiger partial charge in [-0.15, -0.1) is 0 Å². The van der Waals surface area contributed by atoms with Gasteiger partial charge >= 0.3 is 0 Å². The molecule has 5 heteroatoms. The van der Waals surface area contributed by atoms with Gasteiger partial charge in [0.2, 0.25) is 5.91 Å². The third kappa shape index (κ3) is 5.01. The average molecular weight is 294 g/mol. The Kier molecular flexibility index (Phi) is 5.99. The van der Waals surface area contributed by atoms with Gasteiger partial charge in [-0.2, -0.15) is 0 Å². The fourth-order valence-electron chi connectivity index (χ4n) is 2.75. The average Bonchev–Trinajstić information content (AvgIpc) is 2.50. The van der Waals surface area contributed by atoms with E-state index in [9.17, 15) is 9.18 Å². The number of carbonyl (C=O) groups excluding carboxylic acids is 1. The second-order valence-corrected chi connectivity index (χ2v) is 5.51. The van der Waals surface area contributed by atoms with Crippen molar-refractivity contribution in [2.24, 2.45) is 11.7 Å². The Morgan fingerprint density at radius 1 is 1.29 bits per heavy atom. The molecule has 1 aliphatic carbocycles. The lowest BCUT2D eigenvalue weighted by Crippen LogP contribution is -2.45. The molecule has 0 heterocycles. The molecular formula is C16H23FN2O2. The summed E-state index contributed by atoms with van der Waals surface area (Å²) in [7, 11) is 0. The molecule has 0 saturated heterocycles. The van der Waals surface area contributed by atoms with Crippen molar-refractivity contribution >= 4 is 5.91 Å². The first-order valence-corrected chi connectivity index (χ1v) is 7.57. The first kappa shape index (κ1) is 15.8. The zero-order chi connectivity index (χ0) is 15.1. The number of carbonyl (C=O) groups is 1. The van der Waals surface area contributed by atoms with Gasteiger partial charge in [0.1, 0.15) is 11.6 Å². The van der Waals surface area contributed by atoms with Gasteiger partial charge in [0.15, 0.2) is 0 Å². The predicted molar refractivity (Wildman–Crippen MR) is 79.5 cm³/mol. The summed E-state index contributed by atoms with van der Waals surface area (Å²) in [5.74, 6) is 0.648. The predicted octanol–water partition coefficient (Wildman–Crippen LogP) is 2.23. The summed E-state index contributed by atoms with van der Waals surface area (Å²) in [6.07, 6.45) is 4.74. The Balaban J connectivity index is 1.70. The second kappa shape index (κ2) is 7.98. The van der Waals surface area contributed by atoms with Crippen LogP contribution in [0.15, 0.2) is 24.3 Å². The first-order chi connectivity index (χ1) is 10.2. The molecule has 4 nitrogen and oxygen atoms in total. The van der Waals surface area contributed by atoms with Crippen LogP contribution < -0.4 is 15.8 Å². The van der Waals surface area contributed by atoms with E-state index in [0.717, 1.165) is 19.3 Å². The number of nitrogens with two attached hydrogens (primary N) is 1. The van der Waals surface area contributed by atoms with Crippen LogP contribution in [-0.4, -0.2) is 25.1 Å². The Bertz CT molecular complexity index is 450. The number of hydrogen-bond donors (Lipinski definition) is 2. The summed E-state index contributed by atoms with van der Waals surface area (Å²) >= 11 is 0. The zero-order valence-corrected chi connectivity index (χ0v) is 12.2. The molecule has 1 aromatic carbocycles. The highest BCUT2D eigenvalue weighted by atomic mass is 19.1. The van der Waals surface area contributed by atoms with E-state index in [4.69, 9.17) is 10.5 Å². The monoisotopic (exact) mass is 294 g/mol. The van der Waals surface area contributed by atoms with Gasteiger partial charge in [0.25, 0.3) is 0 Å². The summed E-state index contributed by atoms with van der Waals surface area (Å²) in [6, 6.07) is 5.98. The van der Waals surface area contributed by atoms with E-state index in [2.05, 4.69) is 5.32 Å². The van der Waals surface area contributed by atoms with Crippen LogP contribution in [0.25, 0.3) is 0 Å². The topological polar surface area (TPSA) is 64.3 Å². The van der Waals surface area contributed by atoms with Gasteiger partial charge in [-0.25, -0.2) is 4.39 Å². The smallest absolute Gasteiger partial charge is 0.223 e. The molecule has 2 atom stereocenters. The number of hydrogen-bond acceptors (Lipinski definition) is 3. The summed E-state index contributed by atoms with van der Waals surface area (Å²) in [5, 5.41) is 3.06. The Labute approximate surface area is 124 Å². The summed E-state index contributed by atoms with van der Waals surface area (Å²) < 4.78 is 18.2. The normalized spacial score (nSPS) is 21.8. The molecule has 0 radical (unpaired) electrons. The molecule has 0 aliphatic heterocycles. The highest BCUT2D eigenvalue weighted by Crippen LogP contribution is 2.23. The maximum absolute atomic E-state index is 12.7. The van der Waals surface area contributed by atoms with Crippen molar-refractivity contribution in [3.63, 3.8) is 0 Å². The van der Waals surface area contributed by atoms with Crippen LogP contribution in [-0.2, 0) is 4.79 Å². The van der Waals surface area contributed by atoms with Gasteiger partial charge in [-0.3, -0.25) is 4.79 Å². The number of halogens is 1. The minimum absolute atomic E-state index is 0.0116. The van der Waals surface area contributed by atoms with Crippen molar-refractivity contribution in [1.82, 2.24) is 5.32 Å². The van der Waals surface area contributed by atoms with Gasteiger partial charge in [-0.1, -0.05) is 12.8 Å². The fraction of sp³-hybridized carbons (Fsp3) is 0.562. The van der Waals surface area contributed by atoms with Crippen LogP contribution in [0.5, 0.6) is 5.75 Å². The van der Waals surface area contributed by atoms with E-state index in [-0.39, 0.29) is 24.4 Å². The standard InChI is InChI=1S/C16H23FN2O2/c17-13-5-7-14(8-6-13)21-10-9-16(20)19-15-4-2-1-3-12(15)11-18/h5-8,12,15H,1-4,9-11,18H2,(H,19,20). The first-order valence-electron chi connectivity index (χ1n) is 7.57. The molecular weight excluding hydrogens is 271 g/mol. The third-order valence-corrected chi connectivity index (χ3v) is 3.97. The van der Waals surface area contributed by atoms with Crippen molar-refractivity contribution < 1.29 is 13.9 Å². The Hall–Kier alpha value is -1.62. The number of amides is 1. The van der Waals surface area contributed by atoms with Crippen molar-refractivity contribution in [2.45, 2.75) is 38.1 Å². The fourth-order valence-corrected chi connectivity index (χ4v) is 2.75. The summed E-state index contributed by atoms with van der Waals surface area (Å²) in [5.41, 5.74) is 5.75. The van der Waals surface area contributed by atoms with Crippen molar-refractivity contribution in [2.75, 3.05) is 13.2 Å². The second-order valence-electron chi connectivity index (χ2n) is 5.51. The van der Waals surface area contributed by atoms with Crippen molar-refractivity contribution in [3.05, 3.63) is 30.1 Å². The van der Waals surface area contributed by atoms with Gasteiger partial charge in [0, 0.05) is 6.04 Å². The molecule has 1 saturated carbocycles. The summed E-state index contributed by atoms with van der Waals surface area (Å²) in [6.45, 7) is 0.911. The van der Waals surface area contributed by atoms with Crippen LogP contribution in [0, 0.1) is 11.7 Å². The van der Waals surface area contributed by atoms with Crippen LogP contribution in [0.3, 0.4) is 0 Å². The lowest BCUT2D eigenvalue weighted by atomic mass is 9.84. The SMILES string of the molecule is NCC1CCCCC1NC(=O)CCOc1ccc(F)cc1. The molecule has 1 fully saturated rings. The number of rotatable bonds is 6. The molecule has 0 aromatic heterocycles. The van der Waals surface area contributed by atoms with E-state index >= 15 is 0 Å². The van der Waals surface area contributed by atoms with Crippen LogP contribution in [0.1, 0.15) is 32.1 Å². The molecule has 0 spiro atoms. The van der Waals surface area contributed by atoms with Crippen molar-refractivity contribution in [3.8, 4) is 5.75 Å². The minimum atomic E-state index is -0.301. The molecule has 1 aromatic rings. The molecule has 1 amide bonds. The molecule has 0 bridgehead atoms. The van der Waals surface area contributed by atoms with E-state index in [0.29, 0.717) is 24.6 Å². The quantitative estimate of drug-likeness (QED) is 0.845. The molecule has 21 heavy (non-hydrogen) atoms. The molecule has 116 valence electrons. The zero-order valence-electron chi connectivity index (χ0n) is 12.2. The molecule has 2 rings (SSSR count). The van der Waals surface area contributed by atoms with E-state index in [1.165, 1.54) is 18.6 Å². The van der Waals surface area contributed by atoms with Gasteiger partial charge < -0.3 is 15.8 Å². The Morgan fingerprint density at radius 3 is 2.71 bits per heavy atom. The molecule has 1 aliphatic rings. The lowest BCUT2D eigenvalue weighted by molar-refractivity contribution is -0.122. The van der Waals surface area contributed by atoms with Crippen LogP contribution in [0.4, 0.5) is 4.39 Å². The maximum atomic E-state index is 12.7. The largest absolute Gasteiger partial charge is 0.493 e. The van der Waals surface area contributed by atoms with E-state index in [1.807, 2.05) is 0 Å². The number of nitrogens with one attached hydrogen (secondary N) is 1. The van der Waals surface area contributed by atoms with Crippen LogP contribution >= 0.6 is 0 Å². The van der Waals surface area contributed by atoms with Crippen molar-refractivity contribution in [1.29, 1.82) is 0 Å². The number of ether oxygens (including phenoxy) is 1. The highest BCUT2D eigenvalue weighted by Gasteiger charge is 2.25. The molecule has 3 N–H and O–H groups in total. The van der Waals surface area contributed by atoms with Gasteiger partial charge in [-0.05, 0) is 49.6 Å².